The van der Waals surface area contributed by atoms with Crippen LogP contribution in [0.25, 0.3) is 0 Å². The molecule has 2 unspecified atom stereocenters. The van der Waals surface area contributed by atoms with Crippen LogP contribution in [0.4, 0.5) is 0 Å². The molecule has 2 heteroatoms. The van der Waals surface area contributed by atoms with Gasteiger partial charge >= 0.3 is 0 Å². The average molecular weight is 211 g/mol. The van der Waals surface area contributed by atoms with Gasteiger partial charge in [-0.2, -0.15) is 0 Å². The molecule has 0 amide bonds. The molecule has 2 nitrogen and oxygen atoms in total. The number of hydrogen-bond donors (Lipinski definition) is 1. The molecule has 0 aromatic rings. The van der Waals surface area contributed by atoms with E-state index in [2.05, 4.69) is 12.2 Å². The van der Waals surface area contributed by atoms with Gasteiger partial charge in [0.15, 0.2) is 0 Å². The largest absolute Gasteiger partial charge is 0.381 e. The van der Waals surface area contributed by atoms with Crippen molar-refractivity contribution in [2.75, 3.05) is 13.2 Å². The molecule has 2 atom stereocenters. The van der Waals surface area contributed by atoms with Gasteiger partial charge in [0.2, 0.25) is 0 Å². The molecule has 0 bridgehead atoms. The first-order chi connectivity index (χ1) is 7.36. The molecular weight excluding hydrogens is 186 g/mol. The quantitative estimate of drug-likeness (QED) is 0.709. The minimum atomic E-state index is 0.726. The Kier molecular flexibility index (Phi) is 4.45. The number of hydrogen-bond acceptors (Lipinski definition) is 2. The summed E-state index contributed by atoms with van der Waals surface area (Å²) < 4.78 is 5.40. The van der Waals surface area contributed by atoms with Gasteiger partial charge in [-0.05, 0) is 31.6 Å². The summed E-state index contributed by atoms with van der Waals surface area (Å²) in [5.41, 5.74) is 0. The van der Waals surface area contributed by atoms with E-state index in [1.165, 1.54) is 44.9 Å². The highest BCUT2D eigenvalue weighted by atomic mass is 16.5. The summed E-state index contributed by atoms with van der Waals surface area (Å²) in [6, 6.07) is 1.50. The molecule has 2 rings (SSSR count). The van der Waals surface area contributed by atoms with E-state index in [1.807, 2.05) is 0 Å². The van der Waals surface area contributed by atoms with E-state index in [0.717, 1.165) is 31.2 Å². The number of rotatable bonds is 2. The predicted molar refractivity (Wildman–Crippen MR) is 63.0 cm³/mol. The standard InChI is InChI=1S/C13H25NO/c1-11-5-3-2-4-6-13(11)14-12-7-9-15-10-8-12/h11-14H,2-10H2,1H3. The normalized spacial score (nSPS) is 35.0. The van der Waals surface area contributed by atoms with Crippen LogP contribution in [0.2, 0.25) is 0 Å². The van der Waals surface area contributed by atoms with Crippen molar-refractivity contribution in [1.29, 1.82) is 0 Å². The fourth-order valence-corrected chi connectivity index (χ4v) is 2.91. The van der Waals surface area contributed by atoms with Gasteiger partial charge in [-0.3, -0.25) is 0 Å². The average Bonchev–Trinajstić information content (AvgIpc) is 2.46. The summed E-state index contributed by atoms with van der Waals surface area (Å²) in [5.74, 6) is 0.871. The molecule has 0 aromatic heterocycles. The molecule has 1 aliphatic heterocycles. The molecule has 1 aliphatic carbocycles. The van der Waals surface area contributed by atoms with Crippen LogP contribution >= 0.6 is 0 Å². The molecule has 2 fully saturated rings. The first kappa shape index (κ1) is 11.4. The van der Waals surface area contributed by atoms with Gasteiger partial charge < -0.3 is 10.1 Å². The first-order valence-electron chi connectivity index (χ1n) is 6.70. The maximum Gasteiger partial charge on any atom is 0.0480 e. The van der Waals surface area contributed by atoms with Crippen LogP contribution in [0.15, 0.2) is 0 Å². The monoisotopic (exact) mass is 211 g/mol. The SMILES string of the molecule is CC1CCCCCC1NC1CCOCC1. The van der Waals surface area contributed by atoms with Gasteiger partial charge in [-0.1, -0.05) is 26.2 Å². The van der Waals surface area contributed by atoms with Crippen molar-refractivity contribution in [3.05, 3.63) is 0 Å². The zero-order valence-electron chi connectivity index (χ0n) is 10.0. The summed E-state index contributed by atoms with van der Waals surface area (Å²) in [7, 11) is 0. The molecular formula is C13H25NO. The second-order valence-corrected chi connectivity index (χ2v) is 5.28. The Bertz CT molecular complexity index is 177. The van der Waals surface area contributed by atoms with E-state index in [1.54, 1.807) is 0 Å². The number of nitrogens with one attached hydrogen (secondary N) is 1. The third-order valence-electron chi connectivity index (χ3n) is 4.03. The Balaban J connectivity index is 1.79. The fourth-order valence-electron chi connectivity index (χ4n) is 2.91. The second kappa shape index (κ2) is 5.86. The van der Waals surface area contributed by atoms with E-state index in [0.29, 0.717) is 0 Å². The van der Waals surface area contributed by atoms with Gasteiger partial charge in [0.05, 0.1) is 0 Å². The van der Waals surface area contributed by atoms with E-state index >= 15 is 0 Å². The van der Waals surface area contributed by atoms with E-state index in [9.17, 15) is 0 Å². The highest BCUT2D eigenvalue weighted by Gasteiger charge is 2.23. The molecule has 0 aromatic carbocycles. The summed E-state index contributed by atoms with van der Waals surface area (Å²) in [4.78, 5) is 0. The minimum absolute atomic E-state index is 0.726. The van der Waals surface area contributed by atoms with E-state index in [-0.39, 0.29) is 0 Å². The Labute approximate surface area is 93.8 Å². The topological polar surface area (TPSA) is 21.3 Å². The second-order valence-electron chi connectivity index (χ2n) is 5.28. The predicted octanol–water partition coefficient (Wildman–Crippen LogP) is 2.72. The maximum atomic E-state index is 5.40. The van der Waals surface area contributed by atoms with Gasteiger partial charge in [0, 0.05) is 25.3 Å². The lowest BCUT2D eigenvalue weighted by molar-refractivity contribution is 0.0721. The molecule has 15 heavy (non-hydrogen) atoms. The van der Waals surface area contributed by atoms with E-state index in [4.69, 9.17) is 4.74 Å². The van der Waals surface area contributed by atoms with Gasteiger partial charge in [-0.15, -0.1) is 0 Å². The lowest BCUT2D eigenvalue weighted by Crippen LogP contribution is -2.44. The summed E-state index contributed by atoms with van der Waals surface area (Å²) in [6.07, 6.45) is 9.53. The summed E-state index contributed by atoms with van der Waals surface area (Å²) >= 11 is 0. The lowest BCUT2D eigenvalue weighted by atomic mass is 9.95. The molecule has 1 saturated carbocycles. The van der Waals surface area contributed by atoms with Crippen LogP contribution in [0.5, 0.6) is 0 Å². The lowest BCUT2D eigenvalue weighted by Gasteiger charge is -2.31. The van der Waals surface area contributed by atoms with Crippen LogP contribution in [0, 0.1) is 5.92 Å². The first-order valence-corrected chi connectivity index (χ1v) is 6.70. The maximum absolute atomic E-state index is 5.40. The van der Waals surface area contributed by atoms with Crippen LogP contribution < -0.4 is 5.32 Å². The zero-order chi connectivity index (χ0) is 10.5. The van der Waals surface area contributed by atoms with Crippen LogP contribution in [-0.2, 0) is 4.74 Å². The molecule has 1 saturated heterocycles. The molecule has 88 valence electrons. The van der Waals surface area contributed by atoms with Crippen molar-refractivity contribution in [3.8, 4) is 0 Å². The van der Waals surface area contributed by atoms with Crippen molar-refractivity contribution in [2.24, 2.45) is 5.92 Å². The van der Waals surface area contributed by atoms with Gasteiger partial charge in [0.25, 0.3) is 0 Å². The molecule has 0 spiro atoms. The molecule has 2 aliphatic rings. The van der Waals surface area contributed by atoms with Crippen LogP contribution in [0.1, 0.15) is 51.9 Å². The Morgan fingerprint density at radius 1 is 0.933 bits per heavy atom. The smallest absolute Gasteiger partial charge is 0.0480 e. The van der Waals surface area contributed by atoms with Crippen molar-refractivity contribution >= 4 is 0 Å². The third kappa shape index (κ3) is 3.46. The highest BCUT2D eigenvalue weighted by molar-refractivity contribution is 4.81. The Morgan fingerprint density at radius 3 is 2.47 bits per heavy atom. The van der Waals surface area contributed by atoms with Crippen molar-refractivity contribution in [1.82, 2.24) is 5.32 Å². The van der Waals surface area contributed by atoms with Crippen molar-refractivity contribution in [2.45, 2.75) is 64.0 Å². The molecule has 1 N–H and O–H groups in total. The zero-order valence-corrected chi connectivity index (χ0v) is 10.0. The molecule has 0 radical (unpaired) electrons. The van der Waals surface area contributed by atoms with E-state index < -0.39 is 0 Å². The summed E-state index contributed by atoms with van der Waals surface area (Å²) in [5, 5.41) is 3.87. The van der Waals surface area contributed by atoms with Crippen molar-refractivity contribution in [3.63, 3.8) is 0 Å². The van der Waals surface area contributed by atoms with Crippen LogP contribution in [-0.4, -0.2) is 25.3 Å². The highest BCUT2D eigenvalue weighted by Crippen LogP contribution is 2.24. The minimum Gasteiger partial charge on any atom is -0.381 e. The van der Waals surface area contributed by atoms with Gasteiger partial charge in [0.1, 0.15) is 0 Å². The molecule has 1 heterocycles. The fraction of sp³-hybridized carbons (Fsp3) is 1.00. The third-order valence-corrected chi connectivity index (χ3v) is 4.03. The van der Waals surface area contributed by atoms with Gasteiger partial charge in [-0.25, -0.2) is 0 Å². The van der Waals surface area contributed by atoms with Crippen LogP contribution in [0.3, 0.4) is 0 Å². The Hall–Kier alpha value is -0.0800. The number of ether oxygens (including phenoxy) is 1. The Morgan fingerprint density at radius 2 is 1.67 bits per heavy atom. The van der Waals surface area contributed by atoms with Crippen molar-refractivity contribution < 1.29 is 4.74 Å². The summed E-state index contributed by atoms with van der Waals surface area (Å²) in [6.45, 7) is 4.33.